The van der Waals surface area contributed by atoms with E-state index in [1.54, 1.807) is 0 Å². The van der Waals surface area contributed by atoms with Gasteiger partial charge in [-0.15, -0.1) is 0 Å². The van der Waals surface area contributed by atoms with E-state index in [0.29, 0.717) is 6.54 Å². The maximum absolute atomic E-state index is 12.1. The minimum atomic E-state index is -0.459. The van der Waals surface area contributed by atoms with Crippen molar-refractivity contribution >= 4 is 5.97 Å². The standard InChI is InChI=1S/C14H23N3O2/c1-5-6-7-17-9-10-11(16-17)8-15-12(10)13(18)19-14(2,3)4/h9,12,15H,5-8H2,1-4H3. The predicted octanol–water partition coefficient (Wildman–Crippen LogP) is 2.17. The molecule has 1 aromatic heterocycles. The zero-order chi connectivity index (χ0) is 14.0. The van der Waals surface area contributed by atoms with Crippen LogP contribution < -0.4 is 5.32 Å². The molecule has 2 heterocycles. The van der Waals surface area contributed by atoms with Crippen molar-refractivity contribution in [2.75, 3.05) is 0 Å². The first-order valence-corrected chi connectivity index (χ1v) is 6.93. The summed E-state index contributed by atoms with van der Waals surface area (Å²) in [5.41, 5.74) is 1.47. The van der Waals surface area contributed by atoms with E-state index >= 15 is 0 Å². The van der Waals surface area contributed by atoms with Crippen LogP contribution in [0.1, 0.15) is 57.8 Å². The van der Waals surface area contributed by atoms with Gasteiger partial charge in [0.1, 0.15) is 11.6 Å². The maximum atomic E-state index is 12.1. The molecule has 5 nitrogen and oxygen atoms in total. The molecule has 0 bridgehead atoms. The maximum Gasteiger partial charge on any atom is 0.328 e. The van der Waals surface area contributed by atoms with Crippen molar-refractivity contribution in [3.63, 3.8) is 0 Å². The molecule has 2 rings (SSSR count). The molecular formula is C14H23N3O2. The van der Waals surface area contributed by atoms with Crippen LogP contribution in [0.4, 0.5) is 0 Å². The SMILES string of the molecule is CCCCn1cc2c(n1)CNC2C(=O)OC(C)(C)C. The molecular weight excluding hydrogens is 242 g/mol. The molecule has 1 N–H and O–H groups in total. The van der Waals surface area contributed by atoms with E-state index in [-0.39, 0.29) is 12.0 Å². The molecule has 0 spiro atoms. The highest BCUT2D eigenvalue weighted by Gasteiger charge is 2.34. The van der Waals surface area contributed by atoms with E-state index in [9.17, 15) is 4.79 Å². The van der Waals surface area contributed by atoms with Gasteiger partial charge in [0.05, 0.1) is 5.69 Å². The second kappa shape index (κ2) is 5.33. The van der Waals surface area contributed by atoms with Crippen LogP contribution in [0.15, 0.2) is 6.20 Å². The molecule has 1 aromatic rings. The Balaban J connectivity index is 2.08. The molecule has 1 atom stereocenters. The molecule has 1 aliphatic heterocycles. The number of hydrogen-bond donors (Lipinski definition) is 1. The van der Waals surface area contributed by atoms with E-state index in [2.05, 4.69) is 17.3 Å². The largest absolute Gasteiger partial charge is 0.459 e. The highest BCUT2D eigenvalue weighted by Crippen LogP contribution is 2.27. The first kappa shape index (κ1) is 14.1. The minimum Gasteiger partial charge on any atom is -0.459 e. The second-order valence-electron chi connectivity index (χ2n) is 6.00. The van der Waals surface area contributed by atoms with E-state index in [1.807, 2.05) is 31.6 Å². The van der Waals surface area contributed by atoms with Crippen LogP contribution >= 0.6 is 0 Å². The van der Waals surface area contributed by atoms with E-state index in [0.717, 1.165) is 30.6 Å². The molecule has 0 saturated heterocycles. The summed E-state index contributed by atoms with van der Waals surface area (Å²) in [4.78, 5) is 12.1. The number of rotatable bonds is 4. The lowest BCUT2D eigenvalue weighted by Crippen LogP contribution is -2.31. The molecule has 19 heavy (non-hydrogen) atoms. The average molecular weight is 265 g/mol. The summed E-state index contributed by atoms with van der Waals surface area (Å²) in [5.74, 6) is -0.221. The van der Waals surface area contributed by atoms with Crippen molar-refractivity contribution in [1.82, 2.24) is 15.1 Å². The van der Waals surface area contributed by atoms with Gasteiger partial charge >= 0.3 is 5.97 Å². The fourth-order valence-corrected chi connectivity index (χ4v) is 2.17. The van der Waals surface area contributed by atoms with E-state index in [4.69, 9.17) is 4.74 Å². The number of fused-ring (bicyclic) bond motifs is 1. The minimum absolute atomic E-state index is 0.221. The molecule has 5 heteroatoms. The van der Waals surface area contributed by atoms with E-state index in [1.165, 1.54) is 0 Å². The Hall–Kier alpha value is -1.36. The quantitative estimate of drug-likeness (QED) is 0.848. The lowest BCUT2D eigenvalue weighted by molar-refractivity contribution is -0.157. The Morgan fingerprint density at radius 2 is 2.32 bits per heavy atom. The molecule has 0 aliphatic carbocycles. The van der Waals surface area contributed by atoms with Crippen molar-refractivity contribution in [2.45, 2.75) is 65.3 Å². The third kappa shape index (κ3) is 3.35. The zero-order valence-corrected chi connectivity index (χ0v) is 12.2. The summed E-state index contributed by atoms with van der Waals surface area (Å²) in [6.45, 7) is 9.34. The Bertz CT molecular complexity index is 460. The predicted molar refractivity (Wildman–Crippen MR) is 72.6 cm³/mol. The molecule has 0 aromatic carbocycles. The Kier molecular flexibility index (Phi) is 3.94. The van der Waals surface area contributed by atoms with Crippen LogP contribution in [0.2, 0.25) is 0 Å². The number of carbonyl (C=O) groups is 1. The van der Waals surface area contributed by atoms with Crippen molar-refractivity contribution in [3.05, 3.63) is 17.5 Å². The highest BCUT2D eigenvalue weighted by atomic mass is 16.6. The number of hydrogen-bond acceptors (Lipinski definition) is 4. The number of carbonyl (C=O) groups excluding carboxylic acids is 1. The fraction of sp³-hybridized carbons (Fsp3) is 0.714. The first-order valence-electron chi connectivity index (χ1n) is 6.93. The number of unbranched alkanes of at least 4 members (excludes halogenated alkanes) is 1. The van der Waals surface area contributed by atoms with Crippen molar-refractivity contribution in [2.24, 2.45) is 0 Å². The molecule has 0 fully saturated rings. The first-order chi connectivity index (χ1) is 8.90. The van der Waals surface area contributed by atoms with Crippen LogP contribution in [-0.4, -0.2) is 21.4 Å². The van der Waals surface area contributed by atoms with Crippen molar-refractivity contribution < 1.29 is 9.53 Å². The molecule has 1 unspecified atom stereocenters. The van der Waals surface area contributed by atoms with Crippen LogP contribution in [0, 0.1) is 0 Å². The number of esters is 1. The monoisotopic (exact) mass is 265 g/mol. The Morgan fingerprint density at radius 1 is 1.58 bits per heavy atom. The van der Waals surface area contributed by atoms with Gasteiger partial charge < -0.3 is 4.74 Å². The van der Waals surface area contributed by atoms with Gasteiger partial charge in [-0.3, -0.25) is 10.00 Å². The lowest BCUT2D eigenvalue weighted by atomic mass is 10.1. The zero-order valence-electron chi connectivity index (χ0n) is 12.2. The topological polar surface area (TPSA) is 56.2 Å². The van der Waals surface area contributed by atoms with Crippen LogP contribution in [0.5, 0.6) is 0 Å². The van der Waals surface area contributed by atoms with Gasteiger partial charge in [0.2, 0.25) is 0 Å². The van der Waals surface area contributed by atoms with Gasteiger partial charge in [0.15, 0.2) is 0 Å². The second-order valence-corrected chi connectivity index (χ2v) is 6.00. The van der Waals surface area contributed by atoms with Gasteiger partial charge in [0, 0.05) is 24.8 Å². The van der Waals surface area contributed by atoms with Gasteiger partial charge in [-0.25, -0.2) is 4.79 Å². The van der Waals surface area contributed by atoms with Crippen molar-refractivity contribution in [1.29, 1.82) is 0 Å². The van der Waals surface area contributed by atoms with Gasteiger partial charge in [-0.2, -0.15) is 5.10 Å². The molecule has 106 valence electrons. The molecule has 0 radical (unpaired) electrons. The van der Waals surface area contributed by atoms with Crippen LogP contribution in [0.25, 0.3) is 0 Å². The summed E-state index contributed by atoms with van der Waals surface area (Å²) in [7, 11) is 0. The van der Waals surface area contributed by atoms with Crippen molar-refractivity contribution in [3.8, 4) is 0 Å². The van der Waals surface area contributed by atoms with Gasteiger partial charge in [-0.1, -0.05) is 13.3 Å². The normalized spacial score (nSPS) is 18.4. The Labute approximate surface area is 114 Å². The summed E-state index contributed by atoms with van der Waals surface area (Å²) < 4.78 is 7.37. The van der Waals surface area contributed by atoms with Gasteiger partial charge in [-0.05, 0) is 27.2 Å². The highest BCUT2D eigenvalue weighted by molar-refractivity contribution is 5.79. The number of ether oxygens (including phenoxy) is 1. The van der Waals surface area contributed by atoms with Gasteiger partial charge in [0.25, 0.3) is 0 Å². The molecule has 0 amide bonds. The molecule has 1 aliphatic rings. The lowest BCUT2D eigenvalue weighted by Gasteiger charge is -2.22. The Morgan fingerprint density at radius 3 is 2.95 bits per heavy atom. The van der Waals surface area contributed by atoms with Crippen LogP contribution in [-0.2, 0) is 22.6 Å². The third-order valence-corrected chi connectivity index (χ3v) is 3.04. The number of aryl methyl sites for hydroxylation is 1. The van der Waals surface area contributed by atoms with Crippen LogP contribution in [0.3, 0.4) is 0 Å². The summed E-state index contributed by atoms with van der Waals surface area (Å²) in [6.07, 6.45) is 4.21. The smallest absolute Gasteiger partial charge is 0.328 e. The fourth-order valence-electron chi connectivity index (χ4n) is 2.17. The average Bonchev–Trinajstić information content (AvgIpc) is 2.82. The number of nitrogens with zero attached hydrogens (tertiary/aromatic N) is 2. The third-order valence-electron chi connectivity index (χ3n) is 3.04. The summed E-state index contributed by atoms with van der Waals surface area (Å²) in [5, 5.41) is 7.66. The summed E-state index contributed by atoms with van der Waals surface area (Å²) in [6, 6.07) is -0.371. The number of nitrogens with one attached hydrogen (secondary N) is 1. The summed E-state index contributed by atoms with van der Waals surface area (Å²) >= 11 is 0. The molecule has 0 saturated carbocycles. The van der Waals surface area contributed by atoms with E-state index < -0.39 is 5.60 Å². The number of aromatic nitrogens is 2.